The fourth-order valence-corrected chi connectivity index (χ4v) is 6.57. The van der Waals surface area contributed by atoms with E-state index in [-0.39, 0.29) is 15.7 Å². The number of phenolic OH excluding ortho intramolecular Hbond substituents is 1. The van der Waals surface area contributed by atoms with Crippen LogP contribution in [0.3, 0.4) is 0 Å². The number of benzene rings is 3. The molecule has 3 aromatic carbocycles. The van der Waals surface area contributed by atoms with Crippen LogP contribution in [-0.2, 0) is 10.0 Å². The SMILES string of the molecule is O=S(=O)(Nc1ccccc1C(Nc1ccccn1)C(c1ccccn1)C(O)c1ccccc1)c1cc(Cl)cc(Cl)c1O. The highest BCUT2D eigenvalue weighted by Gasteiger charge is 2.35. The molecule has 4 N–H and O–H groups in total. The summed E-state index contributed by atoms with van der Waals surface area (Å²) in [5.41, 5.74) is 1.91. The van der Waals surface area contributed by atoms with Crippen LogP contribution in [0.5, 0.6) is 5.75 Å². The van der Waals surface area contributed by atoms with Gasteiger partial charge in [0, 0.05) is 23.1 Å². The Labute approximate surface area is 253 Å². The highest BCUT2D eigenvalue weighted by molar-refractivity contribution is 7.92. The van der Waals surface area contributed by atoms with Crippen molar-refractivity contribution in [3.63, 3.8) is 0 Å². The molecule has 0 spiro atoms. The summed E-state index contributed by atoms with van der Waals surface area (Å²) in [6.07, 6.45) is 2.21. The van der Waals surface area contributed by atoms with Gasteiger partial charge in [0.15, 0.2) is 5.75 Å². The monoisotopic (exact) mass is 620 g/mol. The summed E-state index contributed by atoms with van der Waals surface area (Å²) in [7, 11) is -4.37. The zero-order chi connectivity index (χ0) is 29.7. The van der Waals surface area contributed by atoms with Gasteiger partial charge < -0.3 is 15.5 Å². The van der Waals surface area contributed by atoms with E-state index in [2.05, 4.69) is 20.0 Å². The first-order valence-corrected chi connectivity index (χ1v) is 15.1. The number of nitrogens with one attached hydrogen (secondary N) is 2. The lowest BCUT2D eigenvalue weighted by molar-refractivity contribution is 0.133. The molecule has 0 fully saturated rings. The Hall–Kier alpha value is -4.15. The molecule has 0 saturated heterocycles. The van der Waals surface area contributed by atoms with Crippen molar-refractivity contribution < 1.29 is 18.6 Å². The van der Waals surface area contributed by atoms with Gasteiger partial charge in [-0.25, -0.2) is 13.4 Å². The molecule has 214 valence electrons. The van der Waals surface area contributed by atoms with Gasteiger partial charge in [-0.15, -0.1) is 0 Å². The van der Waals surface area contributed by atoms with Crippen LogP contribution < -0.4 is 10.0 Å². The Morgan fingerprint density at radius 2 is 1.45 bits per heavy atom. The van der Waals surface area contributed by atoms with Crippen LogP contribution in [0.4, 0.5) is 11.5 Å². The van der Waals surface area contributed by atoms with E-state index >= 15 is 0 Å². The number of pyridine rings is 2. The van der Waals surface area contributed by atoms with E-state index in [1.54, 1.807) is 54.9 Å². The fraction of sp³-hybridized carbons (Fsp3) is 0.0968. The molecule has 42 heavy (non-hydrogen) atoms. The lowest BCUT2D eigenvalue weighted by Crippen LogP contribution is -2.27. The summed E-state index contributed by atoms with van der Waals surface area (Å²) in [5, 5.41) is 25.6. The molecule has 5 aromatic rings. The van der Waals surface area contributed by atoms with Crippen molar-refractivity contribution in [2.24, 2.45) is 0 Å². The van der Waals surface area contributed by atoms with E-state index < -0.39 is 38.7 Å². The smallest absolute Gasteiger partial charge is 0.265 e. The topological polar surface area (TPSA) is 124 Å². The van der Waals surface area contributed by atoms with Crippen molar-refractivity contribution in [2.45, 2.75) is 23.0 Å². The molecule has 0 amide bonds. The first-order chi connectivity index (χ1) is 20.2. The molecule has 2 aromatic heterocycles. The van der Waals surface area contributed by atoms with Gasteiger partial charge in [-0.2, -0.15) is 0 Å². The van der Waals surface area contributed by atoms with E-state index in [0.29, 0.717) is 22.6 Å². The standard InChI is InChI=1S/C31H26Cl2N4O4S/c32-21-18-23(33)31(39)26(19-21)42(40,41)37-24-13-5-4-12-22(24)29(36-27-15-7-9-17-35-27)28(25-14-6-8-16-34-25)30(38)20-10-2-1-3-11-20/h1-19,28-30,37-39H,(H,35,36). The Bertz CT molecular complexity index is 1760. The van der Waals surface area contributed by atoms with Crippen LogP contribution in [0.15, 0.2) is 120 Å². The summed E-state index contributed by atoms with van der Waals surface area (Å²) in [6, 6.07) is 28.3. The number of aliphatic hydroxyl groups is 1. The van der Waals surface area contributed by atoms with E-state index in [0.717, 1.165) is 6.07 Å². The minimum Gasteiger partial charge on any atom is -0.505 e. The zero-order valence-corrected chi connectivity index (χ0v) is 24.3. The van der Waals surface area contributed by atoms with Crippen LogP contribution in [0, 0.1) is 0 Å². The van der Waals surface area contributed by atoms with Crippen LogP contribution in [0.2, 0.25) is 10.0 Å². The maximum absolute atomic E-state index is 13.6. The molecule has 0 aliphatic heterocycles. The van der Waals surface area contributed by atoms with Gasteiger partial charge in [-0.3, -0.25) is 9.71 Å². The molecule has 11 heteroatoms. The Morgan fingerprint density at radius 1 is 0.786 bits per heavy atom. The van der Waals surface area contributed by atoms with Gasteiger partial charge in [0.2, 0.25) is 0 Å². The van der Waals surface area contributed by atoms with Gasteiger partial charge in [-0.1, -0.05) is 83.9 Å². The largest absolute Gasteiger partial charge is 0.505 e. The quantitative estimate of drug-likeness (QED) is 0.133. The number of hydrogen-bond acceptors (Lipinski definition) is 7. The third-order valence-corrected chi connectivity index (χ3v) is 8.55. The molecule has 3 unspecified atom stereocenters. The van der Waals surface area contributed by atoms with Crippen molar-refractivity contribution >= 4 is 44.7 Å². The Morgan fingerprint density at radius 3 is 2.14 bits per heavy atom. The van der Waals surface area contributed by atoms with Gasteiger partial charge in [0.05, 0.1) is 28.8 Å². The number of aliphatic hydroxyl groups excluding tert-OH is 1. The third kappa shape index (κ3) is 6.50. The molecule has 2 heterocycles. The number of hydrogen-bond donors (Lipinski definition) is 4. The average molecular weight is 622 g/mol. The maximum atomic E-state index is 13.6. The summed E-state index contributed by atoms with van der Waals surface area (Å²) >= 11 is 12.1. The first kappa shape index (κ1) is 29.3. The number of sulfonamides is 1. The average Bonchev–Trinajstić information content (AvgIpc) is 3.00. The van der Waals surface area contributed by atoms with E-state index in [9.17, 15) is 18.6 Å². The molecular weight excluding hydrogens is 595 g/mol. The van der Waals surface area contributed by atoms with Crippen molar-refractivity contribution in [1.29, 1.82) is 0 Å². The highest BCUT2D eigenvalue weighted by atomic mass is 35.5. The molecule has 3 atom stereocenters. The van der Waals surface area contributed by atoms with Gasteiger partial charge in [0.1, 0.15) is 10.7 Å². The lowest BCUT2D eigenvalue weighted by atomic mass is 9.82. The van der Waals surface area contributed by atoms with Crippen molar-refractivity contribution in [2.75, 3.05) is 10.0 Å². The second kappa shape index (κ2) is 12.8. The number of halogens is 2. The van der Waals surface area contributed by atoms with Crippen molar-refractivity contribution in [3.8, 4) is 5.75 Å². The number of nitrogens with zero attached hydrogens (tertiary/aromatic N) is 2. The second-order valence-electron chi connectivity index (χ2n) is 9.40. The Balaban J connectivity index is 1.66. The molecule has 0 bridgehead atoms. The van der Waals surface area contributed by atoms with Gasteiger partial charge >= 0.3 is 0 Å². The molecule has 5 rings (SSSR count). The number of aromatic nitrogens is 2. The molecule has 0 aliphatic carbocycles. The van der Waals surface area contributed by atoms with Crippen molar-refractivity contribution in [1.82, 2.24) is 9.97 Å². The number of anilines is 2. The second-order valence-corrected chi connectivity index (χ2v) is 11.9. The summed E-state index contributed by atoms with van der Waals surface area (Å²) < 4.78 is 29.7. The predicted octanol–water partition coefficient (Wildman–Crippen LogP) is 6.96. The Kier molecular flexibility index (Phi) is 8.94. The first-order valence-electron chi connectivity index (χ1n) is 12.9. The number of para-hydroxylation sites is 1. The fourth-order valence-electron chi connectivity index (χ4n) is 4.72. The van der Waals surface area contributed by atoms with Gasteiger partial charge in [0.25, 0.3) is 10.0 Å². The summed E-state index contributed by atoms with van der Waals surface area (Å²) in [4.78, 5) is 8.52. The normalized spacial score (nSPS) is 13.6. The number of phenols is 1. The zero-order valence-electron chi connectivity index (χ0n) is 22.0. The van der Waals surface area contributed by atoms with Crippen LogP contribution in [0.1, 0.15) is 34.9 Å². The molecule has 0 saturated carbocycles. The van der Waals surface area contributed by atoms with E-state index in [1.165, 1.54) is 6.07 Å². The van der Waals surface area contributed by atoms with Crippen molar-refractivity contribution in [3.05, 3.63) is 142 Å². The van der Waals surface area contributed by atoms with E-state index in [4.69, 9.17) is 23.2 Å². The molecular formula is C31H26Cl2N4O4S. The van der Waals surface area contributed by atoms with Gasteiger partial charge in [-0.05, 0) is 53.6 Å². The third-order valence-electron chi connectivity index (χ3n) is 6.66. The minimum absolute atomic E-state index is 0.0438. The summed E-state index contributed by atoms with van der Waals surface area (Å²) in [6.45, 7) is 0. The summed E-state index contributed by atoms with van der Waals surface area (Å²) in [5.74, 6) is -0.837. The molecule has 8 nitrogen and oxygen atoms in total. The number of rotatable bonds is 10. The lowest BCUT2D eigenvalue weighted by Gasteiger charge is -2.33. The molecule has 0 radical (unpaired) electrons. The predicted molar refractivity (Wildman–Crippen MR) is 164 cm³/mol. The van der Waals surface area contributed by atoms with E-state index in [1.807, 2.05) is 48.5 Å². The maximum Gasteiger partial charge on any atom is 0.265 e. The number of aromatic hydroxyl groups is 1. The van der Waals surface area contributed by atoms with Crippen LogP contribution in [0.25, 0.3) is 0 Å². The highest BCUT2D eigenvalue weighted by Crippen LogP contribution is 2.44. The van der Waals surface area contributed by atoms with Crippen LogP contribution in [-0.4, -0.2) is 28.6 Å². The minimum atomic E-state index is -4.37. The van der Waals surface area contributed by atoms with Crippen LogP contribution >= 0.6 is 23.2 Å². The molecule has 0 aliphatic rings.